The maximum Gasteiger partial charge on any atom is 0.138 e. The number of benzene rings is 1. The Kier molecular flexibility index (Phi) is 2.31. The molecule has 2 rings (SSSR count). The van der Waals surface area contributed by atoms with Crippen LogP contribution in [-0.4, -0.2) is 9.97 Å². The summed E-state index contributed by atoms with van der Waals surface area (Å²) in [6.45, 7) is 0. The molecule has 0 amide bonds. The molecule has 2 nitrogen and oxygen atoms in total. The van der Waals surface area contributed by atoms with Gasteiger partial charge in [-0.2, -0.15) is 0 Å². The van der Waals surface area contributed by atoms with E-state index in [1.807, 2.05) is 18.2 Å². The van der Waals surface area contributed by atoms with Crippen LogP contribution >= 0.6 is 40.4 Å². The normalized spacial score (nSPS) is 10.5. The van der Waals surface area contributed by atoms with E-state index in [-0.39, 0.29) is 0 Å². The second-order valence-electron chi connectivity index (χ2n) is 2.57. The summed E-state index contributed by atoms with van der Waals surface area (Å²) in [6.07, 6.45) is 0. The molecule has 0 aliphatic carbocycles. The van der Waals surface area contributed by atoms with E-state index in [1.165, 1.54) is 0 Å². The molecular weight excluding hydrogens is 268 g/mol. The Morgan fingerprint density at radius 2 is 1.77 bits per heavy atom. The molecule has 0 unspecified atom stereocenters. The Hall–Kier alpha value is -0.520. The van der Waals surface area contributed by atoms with Crippen LogP contribution in [0.1, 0.15) is 0 Å². The van der Waals surface area contributed by atoms with Crippen molar-refractivity contribution in [3.05, 3.63) is 32.0 Å². The second kappa shape index (κ2) is 3.32. The summed E-state index contributed by atoms with van der Waals surface area (Å²) in [5.41, 5.74) is 1.90. The zero-order valence-corrected chi connectivity index (χ0v) is 9.65. The van der Waals surface area contributed by atoms with Gasteiger partial charge in [-0.05, 0) is 28.1 Å². The Morgan fingerprint density at radius 1 is 1.08 bits per heavy atom. The van der Waals surface area contributed by atoms with Crippen LogP contribution in [-0.2, 0) is 0 Å². The van der Waals surface area contributed by atoms with Gasteiger partial charge in [0, 0.05) is 4.47 Å². The van der Waals surface area contributed by atoms with Gasteiger partial charge in [0.2, 0.25) is 0 Å². The Balaban J connectivity index is 3.06. The van der Waals surface area contributed by atoms with Gasteiger partial charge in [0.25, 0.3) is 0 Å². The predicted octanol–water partition coefficient (Wildman–Crippen LogP) is 3.72. The van der Waals surface area contributed by atoms with E-state index in [0.29, 0.717) is 9.28 Å². The number of hydrogen-bond acceptors (Lipinski definition) is 2. The molecule has 0 spiro atoms. The third kappa shape index (κ3) is 1.59. The second-order valence-corrected chi connectivity index (χ2v) is 4.24. The van der Waals surface area contributed by atoms with Crippen molar-refractivity contribution in [2.24, 2.45) is 0 Å². The quantitative estimate of drug-likeness (QED) is 0.717. The lowest BCUT2D eigenvalue weighted by Crippen LogP contribution is -1.86. The smallest absolute Gasteiger partial charge is 0.138 e. The Morgan fingerprint density at radius 3 is 2.54 bits per heavy atom. The van der Waals surface area contributed by atoms with E-state index in [9.17, 15) is 0 Å². The Labute approximate surface area is 93.1 Å². The molecule has 2 aromatic rings. The zero-order chi connectivity index (χ0) is 9.42. The summed E-state index contributed by atoms with van der Waals surface area (Å²) < 4.78 is 2.11. The van der Waals surface area contributed by atoms with E-state index in [4.69, 9.17) is 24.4 Å². The molecule has 1 heterocycles. The van der Waals surface area contributed by atoms with Crippen molar-refractivity contribution in [2.45, 2.75) is 0 Å². The first-order valence-electron chi connectivity index (χ1n) is 3.59. The first-order chi connectivity index (χ1) is 6.18. The van der Waals surface area contributed by atoms with Crippen LogP contribution in [0.3, 0.4) is 0 Å². The van der Waals surface area contributed by atoms with E-state index in [0.717, 1.165) is 15.5 Å². The first-order valence-corrected chi connectivity index (χ1v) is 5.20. The van der Waals surface area contributed by atoms with Crippen LogP contribution in [0.25, 0.3) is 11.0 Å². The van der Waals surface area contributed by atoms with Gasteiger partial charge in [-0.25, -0.2) is 0 Å². The lowest BCUT2D eigenvalue weighted by Gasteiger charge is -1.99. The third-order valence-electron chi connectivity index (χ3n) is 1.71. The van der Waals surface area contributed by atoms with E-state index in [2.05, 4.69) is 25.9 Å². The van der Waals surface area contributed by atoms with Gasteiger partial charge in [-0.3, -0.25) is 0 Å². The van der Waals surface area contributed by atoms with E-state index < -0.39 is 0 Å². The monoisotopic (exact) mass is 272 g/mol. The molecule has 1 aromatic heterocycles. The molecule has 0 fully saturated rings. The summed E-state index contributed by atoms with van der Waals surface area (Å²) in [5, 5.41) is 0. The molecule has 5 heteroatoms. The highest BCUT2D eigenvalue weighted by molar-refractivity contribution is 9.10. The molecular formula is C8H5BrN2S2. The number of halogens is 1. The molecule has 0 aliphatic rings. The number of fused-ring (bicyclic) bond motifs is 1. The summed E-state index contributed by atoms with van der Waals surface area (Å²) in [4.78, 5) is 6.11. The lowest BCUT2D eigenvalue weighted by atomic mass is 10.3. The topological polar surface area (TPSA) is 31.6 Å². The number of nitrogens with one attached hydrogen (secondary N) is 2. The lowest BCUT2D eigenvalue weighted by molar-refractivity contribution is 1.24. The van der Waals surface area contributed by atoms with Gasteiger partial charge in [-0.1, -0.05) is 30.5 Å². The van der Waals surface area contributed by atoms with Crippen LogP contribution in [0, 0.1) is 9.28 Å². The van der Waals surface area contributed by atoms with Gasteiger partial charge >= 0.3 is 0 Å². The fourth-order valence-corrected chi connectivity index (χ4v) is 1.88. The highest BCUT2D eigenvalue weighted by atomic mass is 79.9. The van der Waals surface area contributed by atoms with Gasteiger partial charge in [0.1, 0.15) is 9.28 Å². The van der Waals surface area contributed by atoms with Crippen molar-refractivity contribution in [3.63, 3.8) is 0 Å². The minimum Gasteiger partial charge on any atom is -0.342 e. The van der Waals surface area contributed by atoms with Crippen LogP contribution in [0.4, 0.5) is 0 Å². The number of hydrogen-bond donors (Lipinski definition) is 2. The highest BCUT2D eigenvalue weighted by Crippen LogP contribution is 2.19. The molecule has 13 heavy (non-hydrogen) atoms. The predicted molar refractivity (Wildman–Crippen MR) is 62.0 cm³/mol. The molecule has 0 aliphatic heterocycles. The Bertz CT molecular complexity index is 570. The van der Waals surface area contributed by atoms with Crippen LogP contribution in [0.15, 0.2) is 22.7 Å². The SMILES string of the molecule is S=c1[nH]c2cccc(Br)c2[nH]c1=S. The number of aromatic amines is 2. The highest BCUT2D eigenvalue weighted by Gasteiger charge is 1.97. The van der Waals surface area contributed by atoms with Crippen LogP contribution in [0.2, 0.25) is 0 Å². The van der Waals surface area contributed by atoms with Gasteiger partial charge in [0.15, 0.2) is 0 Å². The third-order valence-corrected chi connectivity index (χ3v) is 3.11. The largest absolute Gasteiger partial charge is 0.342 e. The van der Waals surface area contributed by atoms with Crippen molar-refractivity contribution < 1.29 is 0 Å². The van der Waals surface area contributed by atoms with Gasteiger partial charge in [-0.15, -0.1) is 0 Å². The van der Waals surface area contributed by atoms with Gasteiger partial charge in [0.05, 0.1) is 11.0 Å². The molecule has 0 radical (unpaired) electrons. The number of rotatable bonds is 0. The summed E-state index contributed by atoms with van der Waals surface area (Å²) in [6, 6.07) is 5.83. The van der Waals surface area contributed by atoms with Crippen LogP contribution < -0.4 is 0 Å². The molecule has 0 bridgehead atoms. The number of para-hydroxylation sites is 1. The average Bonchev–Trinajstić information content (AvgIpc) is 2.09. The van der Waals surface area contributed by atoms with Gasteiger partial charge < -0.3 is 9.97 Å². The maximum absolute atomic E-state index is 5.03. The fourth-order valence-electron chi connectivity index (χ4n) is 1.10. The summed E-state index contributed by atoms with van der Waals surface area (Å²) in [5.74, 6) is 0. The minimum atomic E-state index is 0.564. The molecule has 1 aromatic carbocycles. The van der Waals surface area contributed by atoms with E-state index >= 15 is 0 Å². The van der Waals surface area contributed by atoms with Crippen LogP contribution in [0.5, 0.6) is 0 Å². The number of aromatic nitrogens is 2. The van der Waals surface area contributed by atoms with Crippen molar-refractivity contribution in [1.82, 2.24) is 9.97 Å². The molecule has 0 atom stereocenters. The summed E-state index contributed by atoms with van der Waals surface area (Å²) >= 11 is 13.5. The zero-order valence-electron chi connectivity index (χ0n) is 6.43. The van der Waals surface area contributed by atoms with Crippen molar-refractivity contribution in [1.29, 1.82) is 0 Å². The molecule has 0 saturated heterocycles. The average molecular weight is 273 g/mol. The first kappa shape index (κ1) is 9.05. The van der Waals surface area contributed by atoms with Crippen molar-refractivity contribution in [2.75, 3.05) is 0 Å². The fraction of sp³-hybridized carbons (Fsp3) is 0. The standard InChI is InChI=1S/C8H5BrN2S2/c9-4-2-1-3-5-6(4)11-8(13)7(12)10-5/h1-3H,(H,10,12)(H,11,13). The summed E-state index contributed by atoms with van der Waals surface area (Å²) in [7, 11) is 0. The number of H-pyrrole nitrogens is 2. The van der Waals surface area contributed by atoms with E-state index in [1.54, 1.807) is 0 Å². The van der Waals surface area contributed by atoms with Crippen molar-refractivity contribution >= 4 is 51.4 Å². The molecule has 2 N–H and O–H groups in total. The maximum atomic E-state index is 5.03. The molecule has 66 valence electrons. The van der Waals surface area contributed by atoms with Crippen molar-refractivity contribution in [3.8, 4) is 0 Å². The molecule has 0 saturated carbocycles. The minimum absolute atomic E-state index is 0.564.